The van der Waals surface area contributed by atoms with E-state index in [-0.39, 0.29) is 5.97 Å². The molecule has 2 rings (SSSR count). The Morgan fingerprint density at radius 2 is 1.95 bits per heavy atom. The van der Waals surface area contributed by atoms with Crippen LogP contribution in [0.25, 0.3) is 0 Å². The molecule has 0 aromatic heterocycles. The molecule has 0 saturated heterocycles. The van der Waals surface area contributed by atoms with Gasteiger partial charge in [0.25, 0.3) is 0 Å². The third-order valence-corrected chi connectivity index (χ3v) is 3.04. The standard InChI is InChI=1S/C15H13BrO3/c1-18-15(17)12-5-2-4-11(8-12)10-19-14-7-3-6-13(16)9-14/h2-9H,10H2,1H3. The summed E-state index contributed by atoms with van der Waals surface area (Å²) in [6.07, 6.45) is 0. The molecule has 0 atom stereocenters. The van der Waals surface area contributed by atoms with E-state index in [1.165, 1.54) is 7.11 Å². The molecule has 0 aliphatic carbocycles. The SMILES string of the molecule is COC(=O)c1cccc(COc2cccc(Br)c2)c1. The number of carbonyl (C=O) groups excluding carboxylic acids is 1. The Bertz CT molecular complexity index is 581. The van der Waals surface area contributed by atoms with E-state index in [2.05, 4.69) is 20.7 Å². The van der Waals surface area contributed by atoms with Crippen molar-refractivity contribution in [1.29, 1.82) is 0 Å². The lowest BCUT2D eigenvalue weighted by molar-refractivity contribution is 0.0600. The minimum Gasteiger partial charge on any atom is -0.489 e. The molecule has 98 valence electrons. The summed E-state index contributed by atoms with van der Waals surface area (Å²) in [6.45, 7) is 0.404. The fourth-order valence-electron chi connectivity index (χ4n) is 1.63. The zero-order valence-electron chi connectivity index (χ0n) is 10.4. The minimum atomic E-state index is -0.343. The van der Waals surface area contributed by atoms with E-state index in [1.54, 1.807) is 12.1 Å². The molecule has 0 unspecified atom stereocenters. The number of benzene rings is 2. The maximum Gasteiger partial charge on any atom is 0.337 e. The van der Waals surface area contributed by atoms with Crippen LogP contribution in [0.4, 0.5) is 0 Å². The van der Waals surface area contributed by atoms with Crippen LogP contribution in [0.1, 0.15) is 15.9 Å². The maximum atomic E-state index is 11.4. The highest BCUT2D eigenvalue weighted by atomic mass is 79.9. The normalized spacial score (nSPS) is 10.0. The van der Waals surface area contributed by atoms with Crippen LogP contribution in [0, 0.1) is 0 Å². The van der Waals surface area contributed by atoms with E-state index < -0.39 is 0 Å². The number of rotatable bonds is 4. The Kier molecular flexibility index (Phi) is 4.58. The summed E-state index contributed by atoms with van der Waals surface area (Å²) in [5.41, 5.74) is 1.45. The number of carbonyl (C=O) groups is 1. The Hall–Kier alpha value is -1.81. The third kappa shape index (κ3) is 3.83. The molecule has 0 aliphatic heterocycles. The van der Waals surface area contributed by atoms with E-state index in [4.69, 9.17) is 4.74 Å². The van der Waals surface area contributed by atoms with Gasteiger partial charge >= 0.3 is 5.97 Å². The largest absolute Gasteiger partial charge is 0.489 e. The molecule has 0 fully saturated rings. The molecule has 0 spiro atoms. The van der Waals surface area contributed by atoms with E-state index >= 15 is 0 Å². The zero-order chi connectivity index (χ0) is 13.7. The van der Waals surface area contributed by atoms with Gasteiger partial charge < -0.3 is 9.47 Å². The summed E-state index contributed by atoms with van der Waals surface area (Å²) in [5.74, 6) is 0.433. The van der Waals surface area contributed by atoms with Crippen molar-refractivity contribution in [3.05, 3.63) is 64.1 Å². The van der Waals surface area contributed by atoms with E-state index in [1.807, 2.05) is 36.4 Å². The van der Waals surface area contributed by atoms with Crippen LogP contribution in [0.15, 0.2) is 53.0 Å². The summed E-state index contributed by atoms with van der Waals surface area (Å²) < 4.78 is 11.3. The summed E-state index contributed by atoms with van der Waals surface area (Å²) in [6, 6.07) is 14.8. The molecule has 0 aliphatic rings. The molecule has 0 heterocycles. The van der Waals surface area contributed by atoms with Crippen LogP contribution in [0.5, 0.6) is 5.75 Å². The van der Waals surface area contributed by atoms with E-state index in [0.717, 1.165) is 15.8 Å². The minimum absolute atomic E-state index is 0.343. The molecule has 4 heteroatoms. The van der Waals surface area contributed by atoms with Crippen molar-refractivity contribution in [3.63, 3.8) is 0 Å². The Morgan fingerprint density at radius 3 is 2.68 bits per heavy atom. The second kappa shape index (κ2) is 6.38. The van der Waals surface area contributed by atoms with Crippen LogP contribution in [0.3, 0.4) is 0 Å². The first-order chi connectivity index (χ1) is 9.19. The lowest BCUT2D eigenvalue weighted by Gasteiger charge is -2.07. The van der Waals surface area contributed by atoms with Crippen LogP contribution in [0.2, 0.25) is 0 Å². The summed E-state index contributed by atoms with van der Waals surface area (Å²) in [7, 11) is 1.37. The summed E-state index contributed by atoms with van der Waals surface area (Å²) >= 11 is 3.39. The van der Waals surface area contributed by atoms with E-state index in [0.29, 0.717) is 12.2 Å². The molecule has 0 radical (unpaired) electrons. The van der Waals surface area contributed by atoms with Gasteiger partial charge in [-0.2, -0.15) is 0 Å². The number of hydrogen-bond acceptors (Lipinski definition) is 3. The van der Waals surface area contributed by atoms with Gasteiger partial charge in [0.2, 0.25) is 0 Å². The second-order valence-corrected chi connectivity index (χ2v) is 4.85. The molecule has 2 aromatic carbocycles. The van der Waals surface area contributed by atoms with Crippen LogP contribution >= 0.6 is 15.9 Å². The summed E-state index contributed by atoms with van der Waals surface area (Å²) in [5, 5.41) is 0. The summed E-state index contributed by atoms with van der Waals surface area (Å²) in [4.78, 5) is 11.4. The van der Waals surface area contributed by atoms with Gasteiger partial charge in [-0.25, -0.2) is 4.79 Å². The second-order valence-electron chi connectivity index (χ2n) is 3.94. The highest BCUT2D eigenvalue weighted by molar-refractivity contribution is 9.10. The van der Waals surface area contributed by atoms with Gasteiger partial charge in [-0.15, -0.1) is 0 Å². The monoisotopic (exact) mass is 320 g/mol. The average molecular weight is 321 g/mol. The zero-order valence-corrected chi connectivity index (χ0v) is 12.0. The quantitative estimate of drug-likeness (QED) is 0.803. The van der Waals surface area contributed by atoms with Crippen LogP contribution in [-0.2, 0) is 11.3 Å². The molecule has 2 aromatic rings. The highest BCUT2D eigenvalue weighted by Crippen LogP contribution is 2.19. The van der Waals surface area contributed by atoms with Gasteiger partial charge in [0, 0.05) is 4.47 Å². The number of halogens is 1. The third-order valence-electron chi connectivity index (χ3n) is 2.55. The average Bonchev–Trinajstić information content (AvgIpc) is 2.45. The van der Waals surface area contributed by atoms with Gasteiger partial charge in [-0.3, -0.25) is 0 Å². The molecular weight excluding hydrogens is 308 g/mol. The van der Waals surface area contributed by atoms with Crippen molar-refractivity contribution in [2.45, 2.75) is 6.61 Å². The number of esters is 1. The first kappa shape index (κ1) is 13.6. The van der Waals surface area contributed by atoms with Crippen LogP contribution in [-0.4, -0.2) is 13.1 Å². The predicted molar refractivity (Wildman–Crippen MR) is 76.3 cm³/mol. The van der Waals surface area contributed by atoms with Crippen molar-refractivity contribution in [1.82, 2.24) is 0 Å². The fourth-order valence-corrected chi connectivity index (χ4v) is 2.01. The van der Waals surface area contributed by atoms with E-state index in [9.17, 15) is 4.79 Å². The highest BCUT2D eigenvalue weighted by Gasteiger charge is 2.05. The predicted octanol–water partition coefficient (Wildman–Crippen LogP) is 3.81. The molecule has 0 N–H and O–H groups in total. The molecular formula is C15H13BrO3. The van der Waals surface area contributed by atoms with Crippen molar-refractivity contribution < 1.29 is 14.3 Å². The number of hydrogen-bond donors (Lipinski definition) is 0. The lowest BCUT2D eigenvalue weighted by atomic mass is 10.1. The number of ether oxygens (including phenoxy) is 2. The first-order valence-corrected chi connectivity index (χ1v) is 6.54. The van der Waals surface area contributed by atoms with Gasteiger partial charge in [0.15, 0.2) is 0 Å². The van der Waals surface area contributed by atoms with Gasteiger partial charge in [0.1, 0.15) is 12.4 Å². The van der Waals surface area contributed by atoms with Gasteiger partial charge in [0.05, 0.1) is 12.7 Å². The maximum absolute atomic E-state index is 11.4. The topological polar surface area (TPSA) is 35.5 Å². The van der Waals surface area contributed by atoms with Crippen LogP contribution < -0.4 is 4.74 Å². The smallest absolute Gasteiger partial charge is 0.337 e. The number of methoxy groups -OCH3 is 1. The molecule has 0 saturated carbocycles. The Balaban J connectivity index is 2.05. The van der Waals surface area contributed by atoms with Crippen molar-refractivity contribution >= 4 is 21.9 Å². The molecule has 3 nitrogen and oxygen atoms in total. The Labute approximate surface area is 120 Å². The van der Waals surface area contributed by atoms with Gasteiger partial charge in [-0.1, -0.05) is 34.1 Å². The van der Waals surface area contributed by atoms with Crippen molar-refractivity contribution in [2.75, 3.05) is 7.11 Å². The van der Waals surface area contributed by atoms with Crippen molar-refractivity contribution in [2.24, 2.45) is 0 Å². The fraction of sp³-hybridized carbons (Fsp3) is 0.133. The van der Waals surface area contributed by atoms with Gasteiger partial charge in [-0.05, 0) is 35.9 Å². The molecule has 0 amide bonds. The molecule has 0 bridgehead atoms. The first-order valence-electron chi connectivity index (χ1n) is 5.74. The lowest BCUT2D eigenvalue weighted by Crippen LogP contribution is -2.03. The molecule has 19 heavy (non-hydrogen) atoms. The van der Waals surface area contributed by atoms with Crippen molar-refractivity contribution in [3.8, 4) is 5.75 Å². The Morgan fingerprint density at radius 1 is 1.16 bits per heavy atom.